The highest BCUT2D eigenvalue weighted by Gasteiger charge is 2.00. The number of phosphoric acid groups is 2. The number of allylic oxidation sites excluding steroid dienone is 2. The van der Waals surface area contributed by atoms with Crippen LogP contribution >= 0.6 is 15.6 Å². The molecule has 0 saturated carbocycles. The van der Waals surface area contributed by atoms with E-state index >= 15 is 0 Å². The lowest BCUT2D eigenvalue weighted by atomic mass is 10.1. The van der Waals surface area contributed by atoms with Crippen molar-refractivity contribution >= 4 is 21.6 Å². The fourth-order valence-electron chi connectivity index (χ4n) is 2.35. The van der Waals surface area contributed by atoms with Crippen LogP contribution in [0.15, 0.2) is 12.2 Å². The summed E-state index contributed by atoms with van der Waals surface area (Å²) in [5.41, 5.74) is 0. The Morgan fingerprint density at radius 1 is 0.633 bits per heavy atom. The monoisotopic (exact) mass is 478 g/mol. The lowest BCUT2D eigenvalue weighted by Crippen LogP contribution is -1.93. The van der Waals surface area contributed by atoms with Gasteiger partial charge in [0.25, 0.3) is 0 Å². The van der Waals surface area contributed by atoms with Crippen LogP contribution in [0.25, 0.3) is 0 Å². The summed E-state index contributed by atoms with van der Waals surface area (Å²) in [5, 5.41) is 8.51. The topological polar surface area (TPSA) is 193 Å². The molecule has 0 aromatic rings. The van der Waals surface area contributed by atoms with Crippen molar-refractivity contribution in [3.63, 3.8) is 0 Å². The molecular formula is C18H40O10P2. The smallest absolute Gasteiger partial charge is 0.466 e. The Morgan fingerprint density at radius 3 is 1.27 bits per heavy atom. The fraction of sp³-hybridized carbons (Fsp3) is 0.833. The Kier molecular flexibility index (Phi) is 26.2. The van der Waals surface area contributed by atoms with Crippen LogP contribution in [0.5, 0.6) is 0 Å². The van der Waals surface area contributed by atoms with Crippen molar-refractivity contribution in [3.05, 3.63) is 12.2 Å². The minimum Gasteiger partial charge on any atom is -0.481 e. The Labute approximate surface area is 179 Å². The summed E-state index contributed by atoms with van der Waals surface area (Å²) < 4.78 is 17.8. The van der Waals surface area contributed by atoms with Crippen LogP contribution in [0.1, 0.15) is 96.8 Å². The molecule has 0 aromatic heterocycles. The van der Waals surface area contributed by atoms with Gasteiger partial charge in [0.1, 0.15) is 0 Å². The first-order valence-corrected chi connectivity index (χ1v) is 13.3. The third kappa shape index (κ3) is 71.0. The van der Waals surface area contributed by atoms with Crippen molar-refractivity contribution in [1.29, 1.82) is 0 Å². The molecule has 7 N–H and O–H groups in total. The largest absolute Gasteiger partial charge is 0.481 e. The predicted octanol–water partition coefficient (Wildman–Crippen LogP) is 4.25. The molecule has 0 heterocycles. The van der Waals surface area contributed by atoms with Gasteiger partial charge in [-0.25, -0.2) is 9.13 Å². The number of carbonyl (C=O) groups is 1. The first-order chi connectivity index (χ1) is 13.8. The van der Waals surface area contributed by atoms with Crippen LogP contribution in [0.4, 0.5) is 0 Å². The second-order valence-corrected chi connectivity index (χ2v) is 8.81. The molecule has 0 aliphatic heterocycles. The standard InChI is InChI=1S/C18H34O2.2H3O4P/c1-2-3-4-5-6-7-8-9-10-11-12-13-14-15-16-17-18(19)20;2*1-5(2,3)4/h9-10H,2-8,11-17H2,1H3,(H,19,20);2*(H3,1,2,3,4). The van der Waals surface area contributed by atoms with Gasteiger partial charge >= 0.3 is 21.6 Å². The van der Waals surface area contributed by atoms with E-state index in [2.05, 4.69) is 19.1 Å². The molecule has 0 unspecified atom stereocenters. The molecule has 0 bridgehead atoms. The Morgan fingerprint density at radius 2 is 0.933 bits per heavy atom. The maximum atomic E-state index is 10.3. The molecule has 0 atom stereocenters. The van der Waals surface area contributed by atoms with E-state index in [4.69, 9.17) is 43.6 Å². The van der Waals surface area contributed by atoms with E-state index in [1.807, 2.05) is 0 Å². The molecule has 10 nitrogen and oxygen atoms in total. The average molecular weight is 478 g/mol. The third-order valence-corrected chi connectivity index (χ3v) is 3.65. The SMILES string of the molecule is CCCCCCCCC=CCCCCCCCC(=O)O.O=P(O)(O)O.O=P(O)(O)O. The lowest BCUT2D eigenvalue weighted by Gasteiger charge is -1.99. The quantitative estimate of drug-likeness (QED) is 0.102. The summed E-state index contributed by atoms with van der Waals surface area (Å²) in [6, 6.07) is 0. The first-order valence-electron chi connectivity index (χ1n) is 10.2. The molecule has 0 amide bonds. The number of rotatable bonds is 15. The van der Waals surface area contributed by atoms with Gasteiger partial charge in [-0.2, -0.15) is 0 Å². The summed E-state index contributed by atoms with van der Waals surface area (Å²) in [4.78, 5) is 53.4. The molecule has 0 aromatic carbocycles. The summed E-state index contributed by atoms with van der Waals surface area (Å²) in [6.07, 6.45) is 21.2. The van der Waals surface area contributed by atoms with Gasteiger partial charge in [0.05, 0.1) is 0 Å². The zero-order valence-corrected chi connectivity index (χ0v) is 19.6. The van der Waals surface area contributed by atoms with E-state index in [1.165, 1.54) is 70.6 Å². The zero-order valence-electron chi connectivity index (χ0n) is 17.8. The van der Waals surface area contributed by atoms with E-state index in [1.54, 1.807) is 0 Å². The van der Waals surface area contributed by atoms with Crippen LogP contribution in [-0.2, 0) is 13.9 Å². The van der Waals surface area contributed by atoms with E-state index in [0.717, 1.165) is 12.8 Å². The number of unbranched alkanes of at least 4 members (excludes halogenated alkanes) is 11. The van der Waals surface area contributed by atoms with Crippen LogP contribution in [0.2, 0.25) is 0 Å². The van der Waals surface area contributed by atoms with Gasteiger partial charge in [-0.1, -0.05) is 70.4 Å². The van der Waals surface area contributed by atoms with Crippen molar-refractivity contribution in [2.24, 2.45) is 0 Å². The normalized spacial score (nSPS) is 11.4. The first kappa shape index (κ1) is 34.1. The van der Waals surface area contributed by atoms with Gasteiger partial charge in [-0.15, -0.1) is 0 Å². The van der Waals surface area contributed by atoms with E-state index < -0.39 is 21.6 Å². The zero-order chi connectivity index (χ0) is 23.9. The minimum atomic E-state index is -4.64. The van der Waals surface area contributed by atoms with E-state index in [-0.39, 0.29) is 0 Å². The van der Waals surface area contributed by atoms with Gasteiger partial charge < -0.3 is 34.5 Å². The molecule has 0 rings (SSSR count). The van der Waals surface area contributed by atoms with Crippen LogP contribution in [0.3, 0.4) is 0 Å². The summed E-state index contributed by atoms with van der Waals surface area (Å²) in [5.74, 6) is -0.664. The summed E-state index contributed by atoms with van der Waals surface area (Å²) >= 11 is 0. The fourth-order valence-corrected chi connectivity index (χ4v) is 2.35. The number of carboxylic acid groups (broad SMARTS) is 1. The molecule has 12 heteroatoms. The number of carboxylic acids is 1. The van der Waals surface area contributed by atoms with Gasteiger partial charge in [0.15, 0.2) is 0 Å². The number of aliphatic carboxylic acids is 1. The van der Waals surface area contributed by atoms with Gasteiger partial charge in [-0.3, -0.25) is 4.79 Å². The number of hydrogen-bond donors (Lipinski definition) is 7. The Hall–Kier alpha value is -0.570. The van der Waals surface area contributed by atoms with Crippen LogP contribution in [0, 0.1) is 0 Å². The highest BCUT2D eigenvalue weighted by Crippen LogP contribution is 2.26. The lowest BCUT2D eigenvalue weighted by molar-refractivity contribution is -0.137. The molecule has 0 radical (unpaired) electrons. The summed E-state index contributed by atoms with van der Waals surface area (Å²) in [6.45, 7) is 2.26. The highest BCUT2D eigenvalue weighted by atomic mass is 31.2. The van der Waals surface area contributed by atoms with Gasteiger partial charge in [-0.05, 0) is 32.1 Å². The van der Waals surface area contributed by atoms with Crippen molar-refractivity contribution in [2.45, 2.75) is 96.8 Å². The molecule has 182 valence electrons. The Balaban J connectivity index is -0.000000599. The van der Waals surface area contributed by atoms with Gasteiger partial charge in [0.2, 0.25) is 0 Å². The molecular weight excluding hydrogens is 438 g/mol. The molecule has 0 spiro atoms. The summed E-state index contributed by atoms with van der Waals surface area (Å²) in [7, 11) is -9.28. The van der Waals surface area contributed by atoms with Crippen molar-refractivity contribution in [2.75, 3.05) is 0 Å². The third-order valence-electron chi connectivity index (χ3n) is 3.65. The van der Waals surface area contributed by atoms with Crippen molar-refractivity contribution < 1.29 is 48.4 Å². The van der Waals surface area contributed by atoms with Crippen molar-refractivity contribution in [1.82, 2.24) is 0 Å². The maximum absolute atomic E-state index is 10.3. The number of hydrogen-bond acceptors (Lipinski definition) is 3. The Bertz CT molecular complexity index is 463. The van der Waals surface area contributed by atoms with Crippen LogP contribution < -0.4 is 0 Å². The van der Waals surface area contributed by atoms with E-state index in [0.29, 0.717) is 6.42 Å². The van der Waals surface area contributed by atoms with Gasteiger partial charge in [0, 0.05) is 6.42 Å². The van der Waals surface area contributed by atoms with Crippen LogP contribution in [-0.4, -0.2) is 40.4 Å². The van der Waals surface area contributed by atoms with E-state index in [9.17, 15) is 4.79 Å². The average Bonchev–Trinajstić information content (AvgIpc) is 2.55. The molecule has 0 fully saturated rings. The maximum Gasteiger partial charge on any atom is 0.466 e. The minimum absolute atomic E-state index is 0.332. The van der Waals surface area contributed by atoms with Crippen molar-refractivity contribution in [3.8, 4) is 0 Å². The second-order valence-electron chi connectivity index (χ2n) is 6.75. The highest BCUT2D eigenvalue weighted by molar-refractivity contribution is 7.45. The molecule has 0 saturated heterocycles. The molecule has 0 aliphatic rings. The predicted molar refractivity (Wildman–Crippen MR) is 116 cm³/mol. The second kappa shape index (κ2) is 23.1. The molecule has 30 heavy (non-hydrogen) atoms. The molecule has 0 aliphatic carbocycles.